The number of ether oxygens (including phenoxy) is 1. The molecule has 2 N–H and O–H groups in total. The van der Waals surface area contributed by atoms with Crippen molar-refractivity contribution in [3.05, 3.63) is 53.6 Å². The molecule has 0 aliphatic heterocycles. The molecule has 0 spiro atoms. The number of hydrogen-bond donors (Lipinski definition) is 1. The summed E-state index contributed by atoms with van der Waals surface area (Å²) in [5.41, 5.74) is 7.19. The van der Waals surface area contributed by atoms with Gasteiger partial charge in [-0.15, -0.1) is 0 Å². The number of esters is 1. The van der Waals surface area contributed by atoms with Gasteiger partial charge >= 0.3 is 5.97 Å². The number of methoxy groups -OCH3 is 1. The van der Waals surface area contributed by atoms with Crippen LogP contribution in [0.15, 0.2) is 42.5 Å². The van der Waals surface area contributed by atoms with E-state index in [9.17, 15) is 13.6 Å². The lowest BCUT2D eigenvalue weighted by molar-refractivity contribution is -0.151. The maximum atomic E-state index is 13.9. The molecule has 2 rings (SSSR count). The van der Waals surface area contributed by atoms with E-state index in [2.05, 4.69) is 4.74 Å². The van der Waals surface area contributed by atoms with E-state index < -0.39 is 17.8 Å². The van der Waals surface area contributed by atoms with Crippen molar-refractivity contribution in [2.75, 3.05) is 7.11 Å². The van der Waals surface area contributed by atoms with E-state index in [-0.39, 0.29) is 5.57 Å². The molecule has 0 fully saturated rings. The zero-order valence-corrected chi connectivity index (χ0v) is 11.0. The smallest absolute Gasteiger partial charge is 0.319 e. The van der Waals surface area contributed by atoms with Crippen LogP contribution in [0.25, 0.3) is 5.57 Å². The van der Waals surface area contributed by atoms with Crippen LogP contribution in [0.2, 0.25) is 0 Å². The number of halogens is 2. The van der Waals surface area contributed by atoms with Gasteiger partial charge in [-0.25, -0.2) is 8.78 Å². The fourth-order valence-electron chi connectivity index (χ4n) is 2.18. The van der Waals surface area contributed by atoms with E-state index in [0.29, 0.717) is 18.2 Å². The molecule has 20 heavy (non-hydrogen) atoms. The Kier molecular flexibility index (Phi) is 3.99. The first-order valence-electron chi connectivity index (χ1n) is 6.14. The first-order chi connectivity index (χ1) is 9.49. The molecule has 106 valence electrons. The fraction of sp³-hybridized carbons (Fsp3) is 0.267. The minimum absolute atomic E-state index is 0.243. The van der Waals surface area contributed by atoms with Gasteiger partial charge in [-0.3, -0.25) is 4.79 Å². The molecule has 0 aromatic heterocycles. The number of carbonyl (C=O) groups excluding carboxylic acids is 1. The van der Waals surface area contributed by atoms with Crippen molar-refractivity contribution in [2.45, 2.75) is 12.5 Å². The highest BCUT2D eigenvalue weighted by Crippen LogP contribution is 2.40. The maximum absolute atomic E-state index is 13.9. The number of rotatable bonds is 3. The molecule has 1 aliphatic carbocycles. The number of nitrogens with two attached hydrogens (primary N) is 1. The van der Waals surface area contributed by atoms with E-state index in [1.807, 2.05) is 0 Å². The van der Waals surface area contributed by atoms with Crippen LogP contribution >= 0.6 is 0 Å². The fourth-order valence-corrected chi connectivity index (χ4v) is 2.18. The Hall–Kier alpha value is -2.01. The number of carbonyl (C=O) groups is 1. The van der Waals surface area contributed by atoms with E-state index >= 15 is 0 Å². The van der Waals surface area contributed by atoms with Crippen molar-refractivity contribution in [1.29, 1.82) is 0 Å². The molecule has 0 radical (unpaired) electrons. The monoisotopic (exact) mass is 279 g/mol. The highest BCUT2D eigenvalue weighted by molar-refractivity contribution is 5.91. The Bertz CT molecular complexity index is 562. The summed E-state index contributed by atoms with van der Waals surface area (Å²) in [6.45, 7) is 0.371. The van der Waals surface area contributed by atoms with Gasteiger partial charge in [0.05, 0.1) is 7.11 Å². The normalized spacial score (nSPS) is 20.4. The van der Waals surface area contributed by atoms with E-state index in [4.69, 9.17) is 5.73 Å². The van der Waals surface area contributed by atoms with Crippen LogP contribution in [0.1, 0.15) is 11.1 Å². The summed E-state index contributed by atoms with van der Waals surface area (Å²) in [5.74, 6) is -5.83. The van der Waals surface area contributed by atoms with Gasteiger partial charge in [0, 0.05) is 6.54 Å². The molecule has 5 heteroatoms. The average molecular weight is 279 g/mol. The first-order valence-corrected chi connectivity index (χ1v) is 6.14. The third kappa shape index (κ3) is 2.63. The molecule has 1 aromatic carbocycles. The summed E-state index contributed by atoms with van der Waals surface area (Å²) in [6, 6.07) is 6.86. The van der Waals surface area contributed by atoms with E-state index in [0.717, 1.165) is 12.7 Å². The van der Waals surface area contributed by atoms with Gasteiger partial charge < -0.3 is 10.5 Å². The summed E-state index contributed by atoms with van der Waals surface area (Å²) in [5, 5.41) is 0. The quantitative estimate of drug-likeness (QED) is 0.865. The third-order valence-electron chi connectivity index (χ3n) is 3.25. The first kappa shape index (κ1) is 14.4. The summed E-state index contributed by atoms with van der Waals surface area (Å²) in [6.07, 6.45) is 3.48. The molecule has 1 aromatic rings. The summed E-state index contributed by atoms with van der Waals surface area (Å²) >= 11 is 0. The van der Waals surface area contributed by atoms with Gasteiger partial charge in [0.1, 0.15) is 5.92 Å². The SMILES string of the molecule is COC(=O)C1C(c2ccc(CN)cc2)=CC=CC1(F)F. The van der Waals surface area contributed by atoms with Crippen LogP contribution in [0.4, 0.5) is 8.78 Å². The van der Waals surface area contributed by atoms with Crippen molar-refractivity contribution in [1.82, 2.24) is 0 Å². The Labute approximate surface area is 115 Å². The molecule has 0 bridgehead atoms. The van der Waals surface area contributed by atoms with Crippen molar-refractivity contribution < 1.29 is 18.3 Å². The largest absolute Gasteiger partial charge is 0.468 e. The number of alkyl halides is 2. The Balaban J connectivity index is 2.43. The molecule has 1 atom stereocenters. The average Bonchev–Trinajstić information content (AvgIpc) is 2.45. The lowest BCUT2D eigenvalue weighted by Crippen LogP contribution is -2.36. The van der Waals surface area contributed by atoms with Gasteiger partial charge in [0.2, 0.25) is 0 Å². The Morgan fingerprint density at radius 2 is 2.00 bits per heavy atom. The van der Waals surface area contributed by atoms with Crippen LogP contribution < -0.4 is 5.73 Å². The van der Waals surface area contributed by atoms with Crippen molar-refractivity contribution >= 4 is 11.5 Å². The number of benzene rings is 1. The molecule has 1 unspecified atom stereocenters. The van der Waals surface area contributed by atoms with Crippen LogP contribution in [0.5, 0.6) is 0 Å². The second-order valence-corrected chi connectivity index (χ2v) is 4.51. The predicted molar refractivity (Wildman–Crippen MR) is 71.9 cm³/mol. The standard InChI is InChI=1S/C15H15F2NO2/c1-20-14(19)13-12(3-2-8-15(13,16)17)11-6-4-10(9-18)5-7-11/h2-8,13H,9,18H2,1H3. The van der Waals surface area contributed by atoms with E-state index in [1.165, 1.54) is 12.2 Å². The molecule has 0 saturated heterocycles. The number of hydrogen-bond acceptors (Lipinski definition) is 3. The van der Waals surface area contributed by atoms with Crippen LogP contribution in [-0.2, 0) is 16.1 Å². The molecule has 0 heterocycles. The predicted octanol–water partition coefficient (Wildman–Crippen LogP) is 2.52. The lowest BCUT2D eigenvalue weighted by Gasteiger charge is -2.27. The summed E-state index contributed by atoms with van der Waals surface area (Å²) < 4.78 is 32.4. The van der Waals surface area contributed by atoms with E-state index in [1.54, 1.807) is 24.3 Å². The van der Waals surface area contributed by atoms with Gasteiger partial charge in [-0.2, -0.15) is 0 Å². The van der Waals surface area contributed by atoms with Crippen molar-refractivity contribution in [2.24, 2.45) is 11.7 Å². The van der Waals surface area contributed by atoms with Gasteiger partial charge in [-0.1, -0.05) is 36.4 Å². The minimum Gasteiger partial charge on any atom is -0.468 e. The lowest BCUT2D eigenvalue weighted by atomic mass is 9.84. The maximum Gasteiger partial charge on any atom is 0.319 e. The zero-order valence-electron chi connectivity index (χ0n) is 11.0. The highest BCUT2D eigenvalue weighted by Gasteiger charge is 2.47. The van der Waals surface area contributed by atoms with Gasteiger partial charge in [0.15, 0.2) is 0 Å². The van der Waals surface area contributed by atoms with Crippen LogP contribution in [-0.4, -0.2) is 19.0 Å². The van der Waals surface area contributed by atoms with Gasteiger partial charge in [-0.05, 0) is 22.8 Å². The topological polar surface area (TPSA) is 52.3 Å². The Morgan fingerprint density at radius 3 is 2.55 bits per heavy atom. The molecule has 3 nitrogen and oxygen atoms in total. The molecule has 0 amide bonds. The summed E-state index contributed by atoms with van der Waals surface area (Å²) in [4.78, 5) is 11.7. The second kappa shape index (κ2) is 5.54. The molecule has 1 aliphatic rings. The highest BCUT2D eigenvalue weighted by atomic mass is 19.3. The minimum atomic E-state index is -3.26. The van der Waals surface area contributed by atoms with Crippen LogP contribution in [0, 0.1) is 5.92 Å². The van der Waals surface area contributed by atoms with Gasteiger partial charge in [0.25, 0.3) is 5.92 Å². The molecular weight excluding hydrogens is 264 g/mol. The summed E-state index contributed by atoms with van der Waals surface area (Å²) in [7, 11) is 1.10. The van der Waals surface area contributed by atoms with Crippen molar-refractivity contribution in [3.8, 4) is 0 Å². The zero-order chi connectivity index (χ0) is 14.8. The molecule has 0 saturated carbocycles. The third-order valence-corrected chi connectivity index (χ3v) is 3.25. The van der Waals surface area contributed by atoms with Crippen LogP contribution in [0.3, 0.4) is 0 Å². The second-order valence-electron chi connectivity index (χ2n) is 4.51. The number of allylic oxidation sites excluding steroid dienone is 3. The van der Waals surface area contributed by atoms with Crippen molar-refractivity contribution in [3.63, 3.8) is 0 Å². The Morgan fingerprint density at radius 1 is 1.35 bits per heavy atom. The molecular formula is C15H15F2NO2.